The number of nitrogens with zero attached hydrogens (tertiary/aromatic N) is 2. The summed E-state index contributed by atoms with van der Waals surface area (Å²) in [4.78, 5) is 24.6. The minimum Gasteiger partial charge on any atom is -0.372 e. The second-order valence-electron chi connectivity index (χ2n) is 6.26. The van der Waals surface area contributed by atoms with Crippen molar-refractivity contribution in [3.8, 4) is 0 Å². The van der Waals surface area contributed by atoms with Crippen LogP contribution in [-0.2, 0) is 11.3 Å². The molecule has 3 rings (SSSR count). The Hall–Kier alpha value is -3.15. The Morgan fingerprint density at radius 3 is 2.58 bits per heavy atom. The molecule has 0 radical (unpaired) electrons. The smallest absolute Gasteiger partial charge is 0.270 e. The van der Waals surface area contributed by atoms with Crippen molar-refractivity contribution in [3.63, 3.8) is 0 Å². The van der Waals surface area contributed by atoms with Crippen molar-refractivity contribution in [2.45, 2.75) is 19.4 Å². The van der Waals surface area contributed by atoms with Crippen molar-refractivity contribution in [2.24, 2.45) is 0 Å². The third-order valence-corrected chi connectivity index (χ3v) is 4.38. The first-order valence-corrected chi connectivity index (χ1v) is 8.66. The fourth-order valence-electron chi connectivity index (χ4n) is 2.96. The molecule has 26 heavy (non-hydrogen) atoms. The number of nitro benzene ring substituents is 1. The molecule has 1 amide bonds. The van der Waals surface area contributed by atoms with E-state index >= 15 is 0 Å². The Morgan fingerprint density at radius 1 is 1.15 bits per heavy atom. The number of rotatable bonds is 6. The van der Waals surface area contributed by atoms with Gasteiger partial charge in [0.05, 0.1) is 4.92 Å². The number of carbonyl (C=O) groups excluding carboxylic acids is 1. The summed E-state index contributed by atoms with van der Waals surface area (Å²) in [7, 11) is 0. The summed E-state index contributed by atoms with van der Waals surface area (Å²) >= 11 is 0. The molecule has 1 fully saturated rings. The predicted molar refractivity (Wildman–Crippen MR) is 102 cm³/mol. The number of nitro groups is 1. The standard InChI is InChI=1S/C20H21N3O3/c24-20(11-8-16-4-3-5-19(14-16)23(25)26)21-15-17-6-9-18(10-7-17)22-12-1-2-13-22/h3-11,14H,1-2,12-13,15H2,(H,21,24)/b11-8+. The van der Waals surface area contributed by atoms with Crippen LogP contribution in [0, 0.1) is 10.1 Å². The number of carbonyl (C=O) groups is 1. The van der Waals surface area contributed by atoms with Gasteiger partial charge in [-0.3, -0.25) is 14.9 Å². The van der Waals surface area contributed by atoms with E-state index in [0.717, 1.165) is 18.7 Å². The zero-order valence-electron chi connectivity index (χ0n) is 14.4. The molecule has 6 heteroatoms. The van der Waals surface area contributed by atoms with E-state index in [2.05, 4.69) is 22.3 Å². The van der Waals surface area contributed by atoms with E-state index < -0.39 is 4.92 Å². The van der Waals surface area contributed by atoms with Crippen molar-refractivity contribution in [1.82, 2.24) is 5.32 Å². The van der Waals surface area contributed by atoms with Crippen LogP contribution in [0.5, 0.6) is 0 Å². The van der Waals surface area contributed by atoms with E-state index in [1.54, 1.807) is 18.2 Å². The molecule has 1 heterocycles. The molecule has 1 saturated heterocycles. The van der Waals surface area contributed by atoms with Gasteiger partial charge in [0, 0.05) is 43.5 Å². The summed E-state index contributed by atoms with van der Waals surface area (Å²) in [6, 6.07) is 14.4. The first-order chi connectivity index (χ1) is 12.6. The summed E-state index contributed by atoms with van der Waals surface area (Å²) in [6.45, 7) is 2.66. The van der Waals surface area contributed by atoms with Crippen LogP contribution in [0.25, 0.3) is 6.08 Å². The minimum absolute atomic E-state index is 0.00523. The molecule has 6 nitrogen and oxygen atoms in total. The molecule has 0 bridgehead atoms. The fraction of sp³-hybridized carbons (Fsp3) is 0.250. The van der Waals surface area contributed by atoms with E-state index in [-0.39, 0.29) is 11.6 Å². The topological polar surface area (TPSA) is 75.5 Å². The Bertz CT molecular complexity index is 809. The van der Waals surface area contributed by atoms with Crippen LogP contribution in [0.1, 0.15) is 24.0 Å². The Kier molecular flexibility index (Phi) is 5.63. The van der Waals surface area contributed by atoms with E-state index in [1.807, 2.05) is 12.1 Å². The van der Waals surface area contributed by atoms with Crippen molar-refractivity contribution < 1.29 is 9.72 Å². The lowest BCUT2D eigenvalue weighted by atomic mass is 10.2. The largest absolute Gasteiger partial charge is 0.372 e. The van der Waals surface area contributed by atoms with Crippen LogP contribution in [0.3, 0.4) is 0 Å². The maximum absolute atomic E-state index is 11.9. The van der Waals surface area contributed by atoms with Crippen LogP contribution in [0.2, 0.25) is 0 Å². The molecule has 0 atom stereocenters. The number of amides is 1. The number of nitrogens with one attached hydrogen (secondary N) is 1. The lowest BCUT2D eigenvalue weighted by Crippen LogP contribution is -2.20. The molecule has 0 spiro atoms. The third kappa shape index (κ3) is 4.69. The Labute approximate surface area is 152 Å². The molecule has 1 aliphatic heterocycles. The number of benzene rings is 2. The third-order valence-electron chi connectivity index (χ3n) is 4.38. The van der Waals surface area contributed by atoms with Crippen molar-refractivity contribution in [2.75, 3.05) is 18.0 Å². The molecular formula is C20H21N3O3. The molecular weight excluding hydrogens is 330 g/mol. The number of hydrogen-bond acceptors (Lipinski definition) is 4. The van der Waals surface area contributed by atoms with Gasteiger partial charge >= 0.3 is 0 Å². The van der Waals surface area contributed by atoms with E-state index in [4.69, 9.17) is 0 Å². The predicted octanol–water partition coefficient (Wildman–Crippen LogP) is 3.52. The van der Waals surface area contributed by atoms with Gasteiger partial charge in [-0.25, -0.2) is 0 Å². The van der Waals surface area contributed by atoms with Gasteiger partial charge in [-0.1, -0.05) is 24.3 Å². The normalized spacial score (nSPS) is 13.9. The monoisotopic (exact) mass is 351 g/mol. The number of hydrogen-bond donors (Lipinski definition) is 1. The van der Waals surface area contributed by atoms with Crippen molar-refractivity contribution in [1.29, 1.82) is 0 Å². The lowest BCUT2D eigenvalue weighted by molar-refractivity contribution is -0.384. The van der Waals surface area contributed by atoms with Gasteiger partial charge in [0.1, 0.15) is 0 Å². The van der Waals surface area contributed by atoms with Crippen LogP contribution in [0.4, 0.5) is 11.4 Å². The average Bonchev–Trinajstić information content (AvgIpc) is 3.20. The molecule has 0 saturated carbocycles. The summed E-state index contributed by atoms with van der Waals surface area (Å²) < 4.78 is 0. The zero-order chi connectivity index (χ0) is 18.4. The molecule has 2 aromatic carbocycles. The van der Waals surface area contributed by atoms with Gasteiger partial charge < -0.3 is 10.2 Å². The van der Waals surface area contributed by atoms with Gasteiger partial charge in [-0.2, -0.15) is 0 Å². The van der Waals surface area contributed by atoms with E-state index in [0.29, 0.717) is 12.1 Å². The summed E-state index contributed by atoms with van der Waals surface area (Å²) in [5, 5.41) is 13.6. The second-order valence-corrected chi connectivity index (χ2v) is 6.26. The fourth-order valence-corrected chi connectivity index (χ4v) is 2.96. The quantitative estimate of drug-likeness (QED) is 0.491. The average molecular weight is 351 g/mol. The van der Waals surface area contributed by atoms with Gasteiger partial charge in [-0.05, 0) is 42.2 Å². The Morgan fingerprint density at radius 2 is 1.88 bits per heavy atom. The summed E-state index contributed by atoms with van der Waals surface area (Å²) in [6.07, 6.45) is 5.44. The highest BCUT2D eigenvalue weighted by Gasteiger charge is 2.11. The van der Waals surface area contributed by atoms with Crippen molar-refractivity contribution in [3.05, 3.63) is 75.8 Å². The number of non-ortho nitro benzene ring substituents is 1. The molecule has 2 aromatic rings. The highest BCUT2D eigenvalue weighted by atomic mass is 16.6. The van der Waals surface area contributed by atoms with Gasteiger partial charge in [0.25, 0.3) is 5.69 Å². The highest BCUT2D eigenvalue weighted by Crippen LogP contribution is 2.20. The molecule has 134 valence electrons. The maximum atomic E-state index is 11.9. The first-order valence-electron chi connectivity index (χ1n) is 8.66. The molecule has 0 unspecified atom stereocenters. The molecule has 1 aliphatic rings. The highest BCUT2D eigenvalue weighted by molar-refractivity contribution is 5.91. The molecule has 1 N–H and O–H groups in total. The SMILES string of the molecule is O=C(/C=C/c1cccc([N+](=O)[O-])c1)NCc1ccc(N2CCCC2)cc1. The van der Waals surface area contributed by atoms with Crippen LogP contribution in [0.15, 0.2) is 54.6 Å². The van der Waals surface area contributed by atoms with Crippen LogP contribution >= 0.6 is 0 Å². The molecule has 0 aromatic heterocycles. The Balaban J connectivity index is 1.52. The van der Waals surface area contributed by atoms with Crippen molar-refractivity contribution >= 4 is 23.4 Å². The van der Waals surface area contributed by atoms with Crippen LogP contribution in [-0.4, -0.2) is 23.9 Å². The summed E-state index contributed by atoms with van der Waals surface area (Å²) in [5.41, 5.74) is 2.88. The van der Waals surface area contributed by atoms with Crippen LogP contribution < -0.4 is 10.2 Å². The minimum atomic E-state index is -0.455. The zero-order valence-corrected chi connectivity index (χ0v) is 14.4. The maximum Gasteiger partial charge on any atom is 0.270 e. The second kappa shape index (κ2) is 8.29. The lowest BCUT2D eigenvalue weighted by Gasteiger charge is -2.17. The van der Waals surface area contributed by atoms with Gasteiger partial charge in [-0.15, -0.1) is 0 Å². The first kappa shape index (κ1) is 17.7. The molecule has 0 aliphatic carbocycles. The number of anilines is 1. The van der Waals surface area contributed by atoms with Gasteiger partial charge in [0.2, 0.25) is 5.91 Å². The van der Waals surface area contributed by atoms with Gasteiger partial charge in [0.15, 0.2) is 0 Å². The van der Waals surface area contributed by atoms with E-state index in [1.165, 1.54) is 36.7 Å². The summed E-state index contributed by atoms with van der Waals surface area (Å²) in [5.74, 6) is -0.236. The van der Waals surface area contributed by atoms with E-state index in [9.17, 15) is 14.9 Å².